The van der Waals surface area contributed by atoms with Crippen molar-refractivity contribution in [3.63, 3.8) is 0 Å². The van der Waals surface area contributed by atoms with Crippen molar-refractivity contribution in [2.24, 2.45) is 5.92 Å². The van der Waals surface area contributed by atoms with Crippen molar-refractivity contribution in [1.29, 1.82) is 0 Å². The third-order valence-corrected chi connectivity index (χ3v) is 3.85. The Morgan fingerprint density at radius 2 is 2.37 bits per heavy atom. The summed E-state index contributed by atoms with van der Waals surface area (Å²) >= 11 is 0. The topological polar surface area (TPSA) is 70.9 Å². The van der Waals surface area contributed by atoms with Gasteiger partial charge in [0.15, 0.2) is 0 Å². The number of nitrogens with two attached hydrogens (primary N) is 1. The summed E-state index contributed by atoms with van der Waals surface area (Å²) in [6.45, 7) is 2.18. The van der Waals surface area contributed by atoms with E-state index in [4.69, 9.17) is 5.73 Å². The molecule has 0 radical (unpaired) electrons. The summed E-state index contributed by atoms with van der Waals surface area (Å²) in [5, 5.41) is 4.00. The largest absolute Gasteiger partial charge is 0.399 e. The number of aromatic nitrogens is 1. The second-order valence-electron chi connectivity index (χ2n) is 5.37. The average molecular weight is 257 g/mol. The van der Waals surface area contributed by atoms with E-state index in [1.807, 2.05) is 18.2 Å². The van der Waals surface area contributed by atoms with Gasteiger partial charge in [0.1, 0.15) is 0 Å². The van der Waals surface area contributed by atoms with Gasteiger partial charge >= 0.3 is 0 Å². The first-order chi connectivity index (χ1) is 9.19. The van der Waals surface area contributed by atoms with Gasteiger partial charge in [0.2, 0.25) is 0 Å². The smallest absolute Gasteiger partial charge is 0.253 e. The van der Waals surface area contributed by atoms with Crippen molar-refractivity contribution in [2.45, 2.75) is 32.2 Å². The SMILES string of the molecule is CCCC1CC1NC(=O)c1c[nH]c2ccc(N)cc12. The van der Waals surface area contributed by atoms with E-state index >= 15 is 0 Å². The van der Waals surface area contributed by atoms with Crippen molar-refractivity contribution >= 4 is 22.5 Å². The highest BCUT2D eigenvalue weighted by Crippen LogP contribution is 2.35. The van der Waals surface area contributed by atoms with Crippen LogP contribution >= 0.6 is 0 Å². The molecular formula is C15H19N3O. The Morgan fingerprint density at radius 1 is 1.53 bits per heavy atom. The van der Waals surface area contributed by atoms with E-state index in [-0.39, 0.29) is 5.91 Å². The predicted octanol–water partition coefficient (Wildman–Crippen LogP) is 2.67. The van der Waals surface area contributed by atoms with Gasteiger partial charge in [0, 0.05) is 28.8 Å². The Bertz CT molecular complexity index is 617. The minimum atomic E-state index is 0.000420. The molecule has 2 aromatic rings. The zero-order chi connectivity index (χ0) is 13.4. The molecule has 1 aliphatic carbocycles. The van der Waals surface area contributed by atoms with Crippen LogP contribution in [0.15, 0.2) is 24.4 Å². The van der Waals surface area contributed by atoms with Gasteiger partial charge in [-0.15, -0.1) is 0 Å². The molecule has 4 N–H and O–H groups in total. The van der Waals surface area contributed by atoms with Gasteiger partial charge in [0.25, 0.3) is 5.91 Å². The molecule has 0 bridgehead atoms. The van der Waals surface area contributed by atoms with Crippen molar-refractivity contribution in [1.82, 2.24) is 10.3 Å². The molecule has 0 aliphatic heterocycles. The van der Waals surface area contributed by atoms with E-state index in [0.29, 0.717) is 23.2 Å². The number of carbonyl (C=O) groups excluding carboxylic acids is 1. The molecule has 19 heavy (non-hydrogen) atoms. The molecule has 1 aliphatic rings. The molecule has 4 heteroatoms. The standard InChI is InChI=1S/C15H19N3O/c1-2-3-9-6-14(9)18-15(19)12-8-17-13-5-4-10(16)7-11(12)13/h4-5,7-9,14,17H,2-3,6,16H2,1H3,(H,18,19). The normalized spacial score (nSPS) is 21.5. The molecular weight excluding hydrogens is 238 g/mol. The number of hydrogen-bond donors (Lipinski definition) is 3. The van der Waals surface area contributed by atoms with Crippen LogP contribution in [0.3, 0.4) is 0 Å². The second kappa shape index (κ2) is 4.61. The van der Waals surface area contributed by atoms with Crippen LogP contribution in [0.2, 0.25) is 0 Å². The third-order valence-electron chi connectivity index (χ3n) is 3.85. The van der Waals surface area contributed by atoms with E-state index in [2.05, 4.69) is 17.2 Å². The second-order valence-corrected chi connectivity index (χ2v) is 5.37. The first-order valence-electron chi connectivity index (χ1n) is 6.86. The Hall–Kier alpha value is -1.97. The van der Waals surface area contributed by atoms with Crippen molar-refractivity contribution in [2.75, 3.05) is 5.73 Å². The number of carbonyl (C=O) groups is 1. The van der Waals surface area contributed by atoms with E-state index in [0.717, 1.165) is 17.3 Å². The summed E-state index contributed by atoms with van der Waals surface area (Å²) < 4.78 is 0. The zero-order valence-corrected chi connectivity index (χ0v) is 11.1. The minimum absolute atomic E-state index is 0.000420. The summed E-state index contributed by atoms with van der Waals surface area (Å²) in [5.41, 5.74) is 8.09. The molecule has 100 valence electrons. The van der Waals surface area contributed by atoms with E-state index in [9.17, 15) is 4.79 Å². The van der Waals surface area contributed by atoms with Gasteiger partial charge < -0.3 is 16.0 Å². The van der Waals surface area contributed by atoms with Crippen LogP contribution in [-0.4, -0.2) is 16.9 Å². The fourth-order valence-electron chi connectivity index (χ4n) is 2.69. The van der Waals surface area contributed by atoms with Gasteiger partial charge in [-0.25, -0.2) is 0 Å². The Labute approximate surface area is 112 Å². The minimum Gasteiger partial charge on any atom is -0.399 e. The highest BCUT2D eigenvalue weighted by Gasteiger charge is 2.37. The number of amides is 1. The Kier molecular flexibility index (Phi) is 2.93. The number of aromatic amines is 1. The molecule has 2 unspecified atom stereocenters. The number of anilines is 1. The van der Waals surface area contributed by atoms with Crippen LogP contribution in [0.5, 0.6) is 0 Å². The van der Waals surface area contributed by atoms with Gasteiger partial charge in [-0.2, -0.15) is 0 Å². The molecule has 1 fully saturated rings. The average Bonchev–Trinajstić information content (AvgIpc) is 2.97. The van der Waals surface area contributed by atoms with Crippen molar-refractivity contribution in [3.05, 3.63) is 30.0 Å². The number of H-pyrrole nitrogens is 1. The highest BCUT2D eigenvalue weighted by atomic mass is 16.1. The summed E-state index contributed by atoms with van der Waals surface area (Å²) in [4.78, 5) is 15.4. The summed E-state index contributed by atoms with van der Waals surface area (Å²) in [6, 6.07) is 5.94. The molecule has 1 amide bonds. The monoisotopic (exact) mass is 257 g/mol. The number of rotatable bonds is 4. The lowest BCUT2D eigenvalue weighted by atomic mass is 10.1. The molecule has 4 nitrogen and oxygen atoms in total. The maximum Gasteiger partial charge on any atom is 0.253 e. The fourth-order valence-corrected chi connectivity index (χ4v) is 2.69. The predicted molar refractivity (Wildman–Crippen MR) is 77.0 cm³/mol. The molecule has 3 rings (SSSR count). The third kappa shape index (κ3) is 2.30. The molecule has 1 heterocycles. The molecule has 1 aromatic carbocycles. The van der Waals surface area contributed by atoms with E-state index in [1.165, 1.54) is 12.8 Å². The first-order valence-corrected chi connectivity index (χ1v) is 6.86. The highest BCUT2D eigenvalue weighted by molar-refractivity contribution is 6.07. The summed E-state index contributed by atoms with van der Waals surface area (Å²) in [5.74, 6) is 0.671. The van der Waals surface area contributed by atoms with Crippen LogP contribution in [0.1, 0.15) is 36.5 Å². The Balaban J connectivity index is 1.77. The maximum absolute atomic E-state index is 12.3. The molecule has 2 atom stereocenters. The van der Waals surface area contributed by atoms with Crippen molar-refractivity contribution in [3.8, 4) is 0 Å². The number of benzene rings is 1. The van der Waals surface area contributed by atoms with Crippen LogP contribution < -0.4 is 11.1 Å². The fraction of sp³-hybridized carbons (Fsp3) is 0.400. The number of nitrogen functional groups attached to an aromatic ring is 1. The van der Waals surface area contributed by atoms with Gasteiger partial charge in [-0.05, 0) is 37.0 Å². The molecule has 1 saturated carbocycles. The lowest BCUT2D eigenvalue weighted by molar-refractivity contribution is 0.0950. The van der Waals surface area contributed by atoms with Gasteiger partial charge in [0.05, 0.1) is 5.56 Å². The van der Waals surface area contributed by atoms with E-state index < -0.39 is 0 Å². The number of nitrogens with one attached hydrogen (secondary N) is 2. The zero-order valence-electron chi connectivity index (χ0n) is 11.1. The van der Waals surface area contributed by atoms with Crippen molar-refractivity contribution < 1.29 is 4.79 Å². The molecule has 0 saturated heterocycles. The van der Waals surface area contributed by atoms with Crippen LogP contribution in [0.25, 0.3) is 10.9 Å². The van der Waals surface area contributed by atoms with E-state index in [1.54, 1.807) is 6.20 Å². The van der Waals surface area contributed by atoms with Crippen LogP contribution in [-0.2, 0) is 0 Å². The first kappa shape index (κ1) is 12.1. The van der Waals surface area contributed by atoms with Crippen LogP contribution in [0, 0.1) is 5.92 Å². The maximum atomic E-state index is 12.3. The summed E-state index contributed by atoms with van der Waals surface area (Å²) in [7, 11) is 0. The summed E-state index contributed by atoms with van der Waals surface area (Å²) in [6.07, 6.45) is 5.26. The number of fused-ring (bicyclic) bond motifs is 1. The quantitative estimate of drug-likeness (QED) is 0.737. The van der Waals surface area contributed by atoms with Gasteiger partial charge in [-0.3, -0.25) is 4.79 Å². The lowest BCUT2D eigenvalue weighted by Gasteiger charge is -2.03. The van der Waals surface area contributed by atoms with Gasteiger partial charge in [-0.1, -0.05) is 13.3 Å². The van der Waals surface area contributed by atoms with Crippen LogP contribution in [0.4, 0.5) is 5.69 Å². The number of hydrogen-bond acceptors (Lipinski definition) is 2. The lowest BCUT2D eigenvalue weighted by Crippen LogP contribution is -2.26. The molecule has 0 spiro atoms. The molecule has 1 aromatic heterocycles. The Morgan fingerprint density at radius 3 is 3.16 bits per heavy atom.